The topological polar surface area (TPSA) is 16.4 Å². The molecular formula is C57H41NO. The first-order valence-electron chi connectivity index (χ1n) is 20.4. The molecule has 59 heavy (non-hydrogen) atoms. The number of fused-ring (bicyclic) bond motifs is 6. The van der Waals surface area contributed by atoms with E-state index in [4.69, 9.17) is 4.42 Å². The van der Waals surface area contributed by atoms with Crippen LogP contribution < -0.4 is 4.90 Å². The molecule has 0 amide bonds. The Kier molecular flexibility index (Phi) is 8.20. The molecule has 0 saturated heterocycles. The molecule has 0 saturated carbocycles. The predicted octanol–water partition coefficient (Wildman–Crippen LogP) is 16.0. The summed E-state index contributed by atoms with van der Waals surface area (Å²) < 4.78 is 6.72. The van der Waals surface area contributed by atoms with Gasteiger partial charge in [-0.2, -0.15) is 0 Å². The average molecular weight is 756 g/mol. The summed E-state index contributed by atoms with van der Waals surface area (Å²) in [6.45, 7) is 4.70. The van der Waals surface area contributed by atoms with Crippen molar-refractivity contribution in [2.45, 2.75) is 19.3 Å². The van der Waals surface area contributed by atoms with Crippen molar-refractivity contribution in [3.05, 3.63) is 223 Å². The highest BCUT2D eigenvalue weighted by molar-refractivity contribution is 6.11. The SMILES string of the molecule is CC1(C)c2ccccc2-c2cc(N(c3ccccc3-c3cccc4c3oc3ccccc34)c3cccc(-c4ccccc4)c3-c3ccccc3-c3ccccc3)ccc21. The lowest BCUT2D eigenvalue weighted by Gasteiger charge is -2.32. The Morgan fingerprint density at radius 3 is 1.71 bits per heavy atom. The Morgan fingerprint density at radius 2 is 0.915 bits per heavy atom. The van der Waals surface area contributed by atoms with Crippen LogP contribution in [0.2, 0.25) is 0 Å². The first-order valence-corrected chi connectivity index (χ1v) is 20.4. The number of furan rings is 1. The Balaban J connectivity index is 1.24. The maximum Gasteiger partial charge on any atom is 0.143 e. The van der Waals surface area contributed by atoms with Gasteiger partial charge < -0.3 is 9.32 Å². The van der Waals surface area contributed by atoms with Gasteiger partial charge in [-0.3, -0.25) is 0 Å². The largest absolute Gasteiger partial charge is 0.455 e. The molecule has 0 fully saturated rings. The van der Waals surface area contributed by atoms with Gasteiger partial charge in [0.2, 0.25) is 0 Å². The molecule has 2 heteroatoms. The zero-order valence-corrected chi connectivity index (χ0v) is 33.1. The number of hydrogen-bond donors (Lipinski definition) is 0. The second-order valence-corrected chi connectivity index (χ2v) is 16.0. The highest BCUT2D eigenvalue weighted by atomic mass is 16.3. The fourth-order valence-electron chi connectivity index (χ4n) is 9.55. The number of benzene rings is 9. The van der Waals surface area contributed by atoms with Crippen LogP contribution >= 0.6 is 0 Å². The van der Waals surface area contributed by atoms with Crippen molar-refractivity contribution in [2.75, 3.05) is 4.90 Å². The molecular weight excluding hydrogens is 715 g/mol. The third kappa shape index (κ3) is 5.63. The Labute approximate surface area is 345 Å². The number of anilines is 3. The Bertz CT molecular complexity index is 3190. The van der Waals surface area contributed by atoms with E-state index in [2.05, 4.69) is 225 Å². The van der Waals surface area contributed by atoms with Gasteiger partial charge in [-0.1, -0.05) is 196 Å². The van der Waals surface area contributed by atoms with E-state index in [1.54, 1.807) is 0 Å². The molecule has 0 unspecified atom stereocenters. The van der Waals surface area contributed by atoms with Gasteiger partial charge in [0, 0.05) is 38.6 Å². The van der Waals surface area contributed by atoms with Crippen molar-refractivity contribution in [1.82, 2.24) is 0 Å². The second kappa shape index (κ2) is 13.9. The highest BCUT2D eigenvalue weighted by Crippen LogP contribution is 2.54. The summed E-state index contributed by atoms with van der Waals surface area (Å²) >= 11 is 0. The summed E-state index contributed by atoms with van der Waals surface area (Å²) in [5.74, 6) is 0. The van der Waals surface area contributed by atoms with Crippen molar-refractivity contribution in [3.8, 4) is 55.6 Å². The molecule has 11 rings (SSSR count). The molecule has 0 N–H and O–H groups in total. The minimum atomic E-state index is -0.114. The van der Waals surface area contributed by atoms with Gasteiger partial charge in [0.25, 0.3) is 0 Å². The van der Waals surface area contributed by atoms with E-state index in [0.29, 0.717) is 0 Å². The minimum absolute atomic E-state index is 0.114. The molecule has 1 aromatic heterocycles. The van der Waals surface area contributed by atoms with Crippen molar-refractivity contribution in [3.63, 3.8) is 0 Å². The molecule has 10 aromatic rings. The summed E-state index contributed by atoms with van der Waals surface area (Å²) in [7, 11) is 0. The molecule has 280 valence electrons. The predicted molar refractivity (Wildman–Crippen MR) is 248 cm³/mol. The van der Waals surface area contributed by atoms with Crippen LogP contribution in [0.1, 0.15) is 25.0 Å². The summed E-state index contributed by atoms with van der Waals surface area (Å²) in [6.07, 6.45) is 0. The van der Waals surface area contributed by atoms with Crippen molar-refractivity contribution in [1.29, 1.82) is 0 Å². The summed E-state index contributed by atoms with van der Waals surface area (Å²) in [5, 5.41) is 2.23. The van der Waals surface area contributed by atoms with E-state index in [9.17, 15) is 0 Å². The normalized spacial score (nSPS) is 12.7. The number of hydrogen-bond acceptors (Lipinski definition) is 2. The maximum absolute atomic E-state index is 6.72. The smallest absolute Gasteiger partial charge is 0.143 e. The van der Waals surface area contributed by atoms with Crippen molar-refractivity contribution in [2.24, 2.45) is 0 Å². The second-order valence-electron chi connectivity index (χ2n) is 16.0. The van der Waals surface area contributed by atoms with E-state index in [0.717, 1.165) is 61.3 Å². The van der Waals surface area contributed by atoms with Gasteiger partial charge in [0.1, 0.15) is 11.2 Å². The van der Waals surface area contributed by atoms with Crippen LogP contribution in [0, 0.1) is 0 Å². The average Bonchev–Trinajstić information content (AvgIpc) is 3.79. The standard InChI is InChI=1S/C57H41NO/c1-57(2)50-31-14-11-24-43(50)49-37-40(35-36-51(49)57)58(52-32-15-12-25-44(52)47-29-17-30-48-45-26-13-16-34-54(45)59-56(47)48)53-33-18-28-42(39-21-7-4-8-22-39)55(53)46-27-10-9-23-41(46)38-19-5-3-6-20-38/h3-37H,1-2H3. The number of rotatable bonds is 7. The van der Waals surface area contributed by atoms with Gasteiger partial charge in [-0.25, -0.2) is 0 Å². The Hall–Kier alpha value is -7.42. The summed E-state index contributed by atoms with van der Waals surface area (Å²) in [5.41, 5.74) is 19.3. The van der Waals surface area contributed by atoms with E-state index >= 15 is 0 Å². The van der Waals surface area contributed by atoms with Crippen molar-refractivity contribution >= 4 is 39.0 Å². The molecule has 0 atom stereocenters. The monoisotopic (exact) mass is 755 g/mol. The van der Waals surface area contributed by atoms with E-state index in [1.807, 2.05) is 6.07 Å². The molecule has 0 spiro atoms. The fourth-order valence-corrected chi connectivity index (χ4v) is 9.55. The van der Waals surface area contributed by atoms with Crippen molar-refractivity contribution < 1.29 is 4.42 Å². The number of para-hydroxylation sites is 3. The molecule has 9 aromatic carbocycles. The maximum atomic E-state index is 6.72. The zero-order chi connectivity index (χ0) is 39.5. The van der Waals surface area contributed by atoms with Gasteiger partial charge in [-0.15, -0.1) is 0 Å². The van der Waals surface area contributed by atoms with Gasteiger partial charge in [0.05, 0.1) is 11.4 Å². The lowest BCUT2D eigenvalue weighted by molar-refractivity contribution is 0.660. The molecule has 2 nitrogen and oxygen atoms in total. The lowest BCUT2D eigenvalue weighted by atomic mass is 9.82. The van der Waals surface area contributed by atoms with E-state index in [1.165, 1.54) is 44.5 Å². The fraction of sp³-hybridized carbons (Fsp3) is 0.0526. The Morgan fingerprint density at radius 1 is 0.373 bits per heavy atom. The van der Waals surface area contributed by atoms with Gasteiger partial charge in [0.15, 0.2) is 0 Å². The third-order valence-electron chi connectivity index (χ3n) is 12.3. The summed E-state index contributed by atoms with van der Waals surface area (Å²) in [4.78, 5) is 2.49. The quantitative estimate of drug-likeness (QED) is 0.161. The van der Waals surface area contributed by atoms with Gasteiger partial charge in [-0.05, 0) is 80.4 Å². The molecule has 1 heterocycles. The van der Waals surface area contributed by atoms with Crippen LogP contribution in [0.5, 0.6) is 0 Å². The van der Waals surface area contributed by atoms with Crippen LogP contribution in [0.4, 0.5) is 17.1 Å². The first kappa shape index (κ1) is 34.8. The highest BCUT2D eigenvalue weighted by Gasteiger charge is 2.36. The molecule has 0 bridgehead atoms. The summed E-state index contributed by atoms with van der Waals surface area (Å²) in [6, 6.07) is 76.9. The van der Waals surface area contributed by atoms with Crippen LogP contribution in [-0.2, 0) is 5.41 Å². The van der Waals surface area contributed by atoms with Crippen LogP contribution in [0.25, 0.3) is 77.6 Å². The van der Waals surface area contributed by atoms with Crippen LogP contribution in [0.3, 0.4) is 0 Å². The minimum Gasteiger partial charge on any atom is -0.455 e. The van der Waals surface area contributed by atoms with E-state index in [-0.39, 0.29) is 5.41 Å². The van der Waals surface area contributed by atoms with Crippen LogP contribution in [0.15, 0.2) is 217 Å². The first-order chi connectivity index (χ1) is 29.1. The lowest BCUT2D eigenvalue weighted by Crippen LogP contribution is -2.16. The zero-order valence-electron chi connectivity index (χ0n) is 33.1. The van der Waals surface area contributed by atoms with E-state index < -0.39 is 0 Å². The molecule has 1 aliphatic carbocycles. The molecule has 0 radical (unpaired) electrons. The van der Waals surface area contributed by atoms with Gasteiger partial charge >= 0.3 is 0 Å². The third-order valence-corrected chi connectivity index (χ3v) is 12.3. The number of nitrogens with zero attached hydrogens (tertiary/aromatic N) is 1. The molecule has 0 aliphatic heterocycles. The molecule has 1 aliphatic rings. The van der Waals surface area contributed by atoms with Crippen LogP contribution in [-0.4, -0.2) is 0 Å².